The molecule has 7 N–H and O–H groups in total. The highest BCUT2D eigenvalue weighted by molar-refractivity contribution is 6.08. The van der Waals surface area contributed by atoms with Crippen molar-refractivity contribution in [3.05, 3.63) is 89.0 Å². The third-order valence-electron chi connectivity index (χ3n) is 4.01. The number of nitrogen functional groups attached to an aromatic ring is 2. The predicted molar refractivity (Wildman–Crippen MR) is 120 cm³/mol. The zero-order chi connectivity index (χ0) is 19.8. The van der Waals surface area contributed by atoms with Crippen LogP contribution < -0.4 is 11.5 Å². The molecule has 2 aromatic carbocycles. The number of hydrogen-bond acceptors (Lipinski definition) is 5. The maximum absolute atomic E-state index is 7.88. The molecule has 148 valence electrons. The zero-order valence-electron chi connectivity index (χ0n) is 15.7. The third-order valence-corrected chi connectivity index (χ3v) is 4.01. The molecule has 0 saturated carbocycles. The van der Waals surface area contributed by atoms with E-state index >= 15 is 0 Å². The highest BCUT2D eigenvalue weighted by Gasteiger charge is 2.12. The molecule has 0 saturated heterocycles. The van der Waals surface area contributed by atoms with Crippen molar-refractivity contribution < 1.29 is 10.2 Å². The highest BCUT2D eigenvalue weighted by Crippen LogP contribution is 2.31. The van der Waals surface area contributed by atoms with Crippen molar-refractivity contribution in [1.29, 1.82) is 5.41 Å². The largest absolute Gasteiger partial charge is 0.399 e. The van der Waals surface area contributed by atoms with Gasteiger partial charge in [0.05, 0.1) is 18.9 Å². The maximum Gasteiger partial charge on any atom is 0.0662 e. The van der Waals surface area contributed by atoms with E-state index in [4.69, 9.17) is 27.1 Å². The van der Waals surface area contributed by atoms with E-state index < -0.39 is 0 Å². The Kier molecular flexibility index (Phi) is 9.18. The Morgan fingerprint density at radius 3 is 1.61 bits per heavy atom. The lowest BCUT2D eigenvalue weighted by molar-refractivity contribution is 0.186. The van der Waals surface area contributed by atoms with Crippen molar-refractivity contribution >= 4 is 35.1 Å². The highest BCUT2D eigenvalue weighted by atomic mass is 35.5. The molecule has 0 spiro atoms. The van der Waals surface area contributed by atoms with Crippen LogP contribution in [0.5, 0.6) is 0 Å². The van der Waals surface area contributed by atoms with Crippen LogP contribution >= 0.6 is 12.4 Å². The number of nitrogens with one attached hydrogen (secondary N) is 1. The third kappa shape index (κ3) is 6.09. The van der Waals surface area contributed by atoms with E-state index in [1.54, 1.807) is 0 Å². The molecule has 1 aliphatic carbocycles. The summed E-state index contributed by atoms with van der Waals surface area (Å²) in [6.45, 7) is 1.70. The number of aliphatic hydroxyl groups is 2. The first-order valence-corrected chi connectivity index (χ1v) is 8.59. The molecular weight excluding hydrogens is 374 g/mol. The standard InChI is InChI=1S/C20H19N3.C2H6O2.ClH/c1-13-12-16(6-11-19(13)23)20(14-2-7-17(21)8-3-14)15-4-9-18(22)10-5-15;3-1-2-4;/h2-12,23H,21-22H2,1H3;3-4H,1-2H2;1H. The van der Waals surface area contributed by atoms with Gasteiger partial charge >= 0.3 is 0 Å². The summed E-state index contributed by atoms with van der Waals surface area (Å²) in [5, 5.41) is 23.1. The molecule has 0 atom stereocenters. The van der Waals surface area contributed by atoms with Gasteiger partial charge in [-0.2, -0.15) is 0 Å². The molecule has 28 heavy (non-hydrogen) atoms. The van der Waals surface area contributed by atoms with E-state index in [-0.39, 0.29) is 25.6 Å². The van der Waals surface area contributed by atoms with Gasteiger partial charge in [-0.05, 0) is 71.2 Å². The molecular formula is C22H26ClN3O2. The first-order chi connectivity index (χ1) is 13.0. The van der Waals surface area contributed by atoms with Crippen molar-refractivity contribution in [2.45, 2.75) is 6.92 Å². The van der Waals surface area contributed by atoms with Crippen LogP contribution in [0.3, 0.4) is 0 Å². The van der Waals surface area contributed by atoms with Crippen molar-refractivity contribution in [1.82, 2.24) is 0 Å². The minimum absolute atomic E-state index is 0. The predicted octanol–water partition coefficient (Wildman–Crippen LogP) is 3.58. The molecule has 0 heterocycles. The zero-order valence-corrected chi connectivity index (χ0v) is 16.5. The number of hydrogen-bond donors (Lipinski definition) is 5. The molecule has 0 fully saturated rings. The van der Waals surface area contributed by atoms with E-state index in [9.17, 15) is 0 Å². The molecule has 0 amide bonds. The van der Waals surface area contributed by atoms with Crippen LogP contribution in [0.25, 0.3) is 5.57 Å². The van der Waals surface area contributed by atoms with Gasteiger partial charge in [-0.3, -0.25) is 0 Å². The van der Waals surface area contributed by atoms with Crippen molar-refractivity contribution in [2.24, 2.45) is 0 Å². The molecule has 5 nitrogen and oxygen atoms in total. The van der Waals surface area contributed by atoms with Crippen molar-refractivity contribution in [3.63, 3.8) is 0 Å². The number of benzene rings is 2. The first-order valence-electron chi connectivity index (χ1n) is 8.59. The number of allylic oxidation sites excluding steroid dienone is 5. The Morgan fingerprint density at radius 1 is 0.821 bits per heavy atom. The normalized spacial score (nSPS) is 12.5. The molecule has 6 heteroatoms. The Labute approximate surface area is 171 Å². The fourth-order valence-corrected chi connectivity index (χ4v) is 2.62. The molecule has 3 rings (SSSR count). The monoisotopic (exact) mass is 399 g/mol. The van der Waals surface area contributed by atoms with Crippen molar-refractivity contribution in [3.8, 4) is 0 Å². The van der Waals surface area contributed by atoms with E-state index in [1.165, 1.54) is 0 Å². The van der Waals surface area contributed by atoms with Gasteiger partial charge in [0.2, 0.25) is 0 Å². The number of anilines is 2. The number of nitrogens with two attached hydrogens (primary N) is 2. The molecule has 0 unspecified atom stereocenters. The van der Waals surface area contributed by atoms with Crippen LogP contribution in [0.2, 0.25) is 0 Å². The second kappa shape index (κ2) is 11.1. The van der Waals surface area contributed by atoms with E-state index in [0.717, 1.165) is 39.2 Å². The van der Waals surface area contributed by atoms with Gasteiger partial charge in [0, 0.05) is 11.4 Å². The molecule has 2 aromatic rings. The summed E-state index contributed by atoms with van der Waals surface area (Å²) in [6, 6.07) is 15.7. The Bertz CT molecular complexity index is 834. The molecule has 1 aliphatic rings. The second-order valence-electron chi connectivity index (χ2n) is 6.10. The quantitative estimate of drug-likeness (QED) is 0.507. The minimum Gasteiger partial charge on any atom is -0.399 e. The van der Waals surface area contributed by atoms with Crippen molar-refractivity contribution in [2.75, 3.05) is 24.7 Å². The Balaban J connectivity index is 0.000000717. The SMILES string of the molecule is CC1=CC(=C(c2ccc(N)cc2)c2ccc(N)cc2)C=CC1=N.Cl.OCCO. The van der Waals surface area contributed by atoms with E-state index in [0.29, 0.717) is 5.71 Å². The number of aliphatic hydroxyl groups excluding tert-OH is 2. The lowest BCUT2D eigenvalue weighted by atomic mass is 9.89. The van der Waals surface area contributed by atoms with E-state index in [1.807, 2.05) is 73.7 Å². The molecule has 0 bridgehead atoms. The van der Waals surface area contributed by atoms with Gasteiger partial charge in [0.25, 0.3) is 0 Å². The topological polar surface area (TPSA) is 116 Å². The fraction of sp³-hybridized carbons (Fsp3) is 0.136. The average Bonchev–Trinajstić information content (AvgIpc) is 2.68. The van der Waals surface area contributed by atoms with Gasteiger partial charge in [-0.25, -0.2) is 0 Å². The Morgan fingerprint density at radius 2 is 1.25 bits per heavy atom. The first kappa shape index (κ1) is 23.2. The summed E-state index contributed by atoms with van der Waals surface area (Å²) in [5.41, 5.74) is 19.0. The summed E-state index contributed by atoms with van der Waals surface area (Å²) < 4.78 is 0. The molecule has 0 aliphatic heterocycles. The van der Waals surface area contributed by atoms with Crippen LogP contribution in [0.4, 0.5) is 11.4 Å². The van der Waals surface area contributed by atoms with Crippen LogP contribution in [-0.4, -0.2) is 29.1 Å². The maximum atomic E-state index is 7.88. The van der Waals surface area contributed by atoms with Crippen LogP contribution in [0.1, 0.15) is 18.1 Å². The van der Waals surface area contributed by atoms with Gasteiger partial charge in [-0.1, -0.05) is 30.3 Å². The molecule has 0 radical (unpaired) electrons. The minimum atomic E-state index is -0.125. The van der Waals surface area contributed by atoms with Gasteiger partial charge in [0.15, 0.2) is 0 Å². The van der Waals surface area contributed by atoms with Gasteiger partial charge in [-0.15, -0.1) is 12.4 Å². The molecule has 0 aromatic heterocycles. The smallest absolute Gasteiger partial charge is 0.0662 e. The van der Waals surface area contributed by atoms with Crippen LogP contribution in [0.15, 0.2) is 77.9 Å². The summed E-state index contributed by atoms with van der Waals surface area (Å²) in [6.07, 6.45) is 5.86. The lowest BCUT2D eigenvalue weighted by Crippen LogP contribution is -2.01. The van der Waals surface area contributed by atoms with Gasteiger partial charge < -0.3 is 27.1 Å². The summed E-state index contributed by atoms with van der Waals surface area (Å²) in [7, 11) is 0. The second-order valence-corrected chi connectivity index (χ2v) is 6.10. The number of halogens is 1. The summed E-state index contributed by atoms with van der Waals surface area (Å²) in [5.74, 6) is 0. The van der Waals surface area contributed by atoms with E-state index in [2.05, 4.69) is 0 Å². The summed E-state index contributed by atoms with van der Waals surface area (Å²) in [4.78, 5) is 0. The fourth-order valence-electron chi connectivity index (χ4n) is 2.62. The van der Waals surface area contributed by atoms with Crippen LogP contribution in [-0.2, 0) is 0 Å². The van der Waals surface area contributed by atoms with Gasteiger partial charge in [0.1, 0.15) is 0 Å². The van der Waals surface area contributed by atoms with Crippen LogP contribution in [0, 0.1) is 5.41 Å². The lowest BCUT2D eigenvalue weighted by Gasteiger charge is -2.16. The number of rotatable bonds is 3. The Hall–Kier alpha value is -2.86. The average molecular weight is 400 g/mol. The summed E-state index contributed by atoms with van der Waals surface area (Å²) >= 11 is 0.